The average molecular weight is 240 g/mol. The molecule has 80 valence electrons. The van der Waals surface area contributed by atoms with Gasteiger partial charge in [-0.2, -0.15) is 0 Å². The Morgan fingerprint density at radius 3 is 1.80 bits per heavy atom. The van der Waals surface area contributed by atoms with E-state index in [1.165, 1.54) is 0 Å². The normalized spacial score (nSPS) is 10.8. The van der Waals surface area contributed by atoms with Crippen LogP contribution in [0.2, 0.25) is 0 Å². The molecule has 5 heteroatoms. The van der Waals surface area contributed by atoms with Crippen LogP contribution in [-0.4, -0.2) is 9.97 Å². The minimum atomic E-state index is 0.570. The summed E-state index contributed by atoms with van der Waals surface area (Å²) in [5.74, 6) is 0. The summed E-state index contributed by atoms with van der Waals surface area (Å²) < 4.78 is 5.52. The fourth-order valence-corrected chi connectivity index (χ4v) is 2.40. The fourth-order valence-electron chi connectivity index (χ4n) is 1.21. The van der Waals surface area contributed by atoms with Crippen molar-refractivity contribution < 1.29 is 4.74 Å². The van der Waals surface area contributed by atoms with Crippen molar-refractivity contribution in [2.75, 3.05) is 0 Å². The van der Waals surface area contributed by atoms with Crippen molar-refractivity contribution in [2.45, 2.75) is 27.1 Å². The van der Waals surface area contributed by atoms with Crippen LogP contribution in [-0.2, 0) is 18.0 Å². The molecule has 0 bridgehead atoms. The molecule has 0 N–H and O–H groups in total. The van der Waals surface area contributed by atoms with E-state index in [-0.39, 0.29) is 0 Å². The first kappa shape index (κ1) is 10.7. The van der Waals surface area contributed by atoms with Crippen LogP contribution in [0, 0.1) is 13.8 Å². The third-order valence-corrected chi connectivity index (χ3v) is 3.48. The van der Waals surface area contributed by atoms with E-state index in [1.807, 2.05) is 24.6 Å². The summed E-state index contributed by atoms with van der Waals surface area (Å²) in [4.78, 5) is 8.65. The predicted molar refractivity (Wildman–Crippen MR) is 62.2 cm³/mol. The molecule has 0 atom stereocenters. The second-order valence-electron chi connectivity index (χ2n) is 3.21. The Morgan fingerprint density at radius 1 is 1.00 bits per heavy atom. The van der Waals surface area contributed by atoms with Gasteiger partial charge in [0.25, 0.3) is 0 Å². The Morgan fingerprint density at radius 2 is 1.47 bits per heavy atom. The van der Waals surface area contributed by atoms with Crippen LogP contribution < -0.4 is 0 Å². The zero-order chi connectivity index (χ0) is 10.7. The summed E-state index contributed by atoms with van der Waals surface area (Å²) in [6.45, 7) is 5.14. The highest BCUT2D eigenvalue weighted by atomic mass is 32.1. The molecule has 0 saturated carbocycles. The quantitative estimate of drug-likeness (QED) is 0.824. The molecule has 0 radical (unpaired) electrons. The lowest BCUT2D eigenvalue weighted by Gasteiger charge is -1.98. The predicted octanol–water partition coefficient (Wildman–Crippen LogP) is 2.93. The lowest BCUT2D eigenvalue weighted by atomic mass is 10.5. The van der Waals surface area contributed by atoms with Gasteiger partial charge in [-0.1, -0.05) is 0 Å². The number of aromatic nitrogens is 2. The fraction of sp³-hybridized carbons (Fsp3) is 0.400. The SMILES string of the molecule is Cc1nc(COCc2csc(C)n2)cs1. The van der Waals surface area contributed by atoms with Crippen LogP contribution in [0.1, 0.15) is 21.4 Å². The highest BCUT2D eigenvalue weighted by Crippen LogP contribution is 2.12. The van der Waals surface area contributed by atoms with Gasteiger partial charge in [0.05, 0.1) is 34.6 Å². The van der Waals surface area contributed by atoms with E-state index in [4.69, 9.17) is 4.74 Å². The van der Waals surface area contributed by atoms with Crippen LogP contribution in [0.3, 0.4) is 0 Å². The van der Waals surface area contributed by atoms with Gasteiger partial charge in [-0.05, 0) is 13.8 Å². The van der Waals surface area contributed by atoms with Gasteiger partial charge in [-0.25, -0.2) is 9.97 Å². The average Bonchev–Trinajstić information content (AvgIpc) is 2.76. The Hall–Kier alpha value is -0.780. The third-order valence-electron chi connectivity index (χ3n) is 1.83. The first-order chi connectivity index (χ1) is 7.24. The molecule has 0 saturated heterocycles. The van der Waals surface area contributed by atoms with Gasteiger partial charge in [0.2, 0.25) is 0 Å². The van der Waals surface area contributed by atoms with Gasteiger partial charge < -0.3 is 4.74 Å². The standard InChI is InChI=1S/C10H12N2OS2/c1-7-11-9(5-14-7)3-13-4-10-6-15-8(2)12-10/h5-6H,3-4H2,1-2H3. The molecule has 2 aromatic heterocycles. The molecule has 2 aromatic rings. The molecule has 2 rings (SSSR count). The Kier molecular flexibility index (Phi) is 3.45. The molecule has 0 aromatic carbocycles. The largest absolute Gasteiger partial charge is 0.369 e. The Balaban J connectivity index is 1.80. The van der Waals surface area contributed by atoms with Crippen molar-refractivity contribution in [3.05, 3.63) is 32.2 Å². The van der Waals surface area contributed by atoms with Gasteiger partial charge in [0.1, 0.15) is 0 Å². The third kappa shape index (κ3) is 3.09. The van der Waals surface area contributed by atoms with Crippen LogP contribution >= 0.6 is 22.7 Å². The topological polar surface area (TPSA) is 35.0 Å². The lowest BCUT2D eigenvalue weighted by Crippen LogP contribution is -1.94. The monoisotopic (exact) mass is 240 g/mol. The molecule has 0 spiro atoms. The number of thiazole rings is 2. The van der Waals surface area contributed by atoms with Gasteiger partial charge in [-0.15, -0.1) is 22.7 Å². The molecular weight excluding hydrogens is 228 g/mol. The molecule has 0 amide bonds. The van der Waals surface area contributed by atoms with E-state index in [0.717, 1.165) is 21.4 Å². The van der Waals surface area contributed by atoms with Crippen LogP contribution in [0.5, 0.6) is 0 Å². The van der Waals surface area contributed by atoms with Gasteiger partial charge in [0.15, 0.2) is 0 Å². The second-order valence-corrected chi connectivity index (χ2v) is 5.33. The molecule has 15 heavy (non-hydrogen) atoms. The minimum absolute atomic E-state index is 0.570. The van der Waals surface area contributed by atoms with E-state index in [0.29, 0.717) is 13.2 Å². The van der Waals surface area contributed by atoms with Crippen molar-refractivity contribution in [1.29, 1.82) is 0 Å². The van der Waals surface area contributed by atoms with Crippen molar-refractivity contribution in [1.82, 2.24) is 9.97 Å². The summed E-state index contributed by atoms with van der Waals surface area (Å²) in [5, 5.41) is 6.22. The molecule has 3 nitrogen and oxygen atoms in total. The maximum Gasteiger partial charge on any atom is 0.0901 e. The molecule has 0 fully saturated rings. The van der Waals surface area contributed by atoms with Crippen molar-refractivity contribution >= 4 is 22.7 Å². The number of hydrogen-bond donors (Lipinski definition) is 0. The van der Waals surface area contributed by atoms with Crippen LogP contribution in [0.15, 0.2) is 10.8 Å². The van der Waals surface area contributed by atoms with E-state index in [1.54, 1.807) is 22.7 Å². The number of ether oxygens (including phenoxy) is 1. The molecule has 0 aliphatic heterocycles. The maximum atomic E-state index is 5.52. The van der Waals surface area contributed by atoms with Gasteiger partial charge in [-0.3, -0.25) is 0 Å². The number of aryl methyl sites for hydroxylation is 2. The van der Waals surface area contributed by atoms with Crippen molar-refractivity contribution in [3.63, 3.8) is 0 Å². The zero-order valence-electron chi connectivity index (χ0n) is 8.69. The van der Waals surface area contributed by atoms with Crippen molar-refractivity contribution in [3.8, 4) is 0 Å². The highest BCUT2D eigenvalue weighted by molar-refractivity contribution is 7.09. The van der Waals surface area contributed by atoms with Crippen LogP contribution in [0.4, 0.5) is 0 Å². The number of rotatable bonds is 4. The van der Waals surface area contributed by atoms with Crippen molar-refractivity contribution in [2.24, 2.45) is 0 Å². The maximum absolute atomic E-state index is 5.52. The summed E-state index contributed by atoms with van der Waals surface area (Å²) in [5.41, 5.74) is 2.01. The Labute approximate surface area is 96.8 Å². The molecular formula is C10H12N2OS2. The lowest BCUT2D eigenvalue weighted by molar-refractivity contribution is 0.103. The summed E-state index contributed by atoms with van der Waals surface area (Å²) in [6, 6.07) is 0. The molecule has 0 unspecified atom stereocenters. The van der Waals surface area contributed by atoms with E-state index >= 15 is 0 Å². The van der Waals surface area contributed by atoms with Gasteiger partial charge in [0, 0.05) is 10.8 Å². The molecule has 2 heterocycles. The number of hydrogen-bond acceptors (Lipinski definition) is 5. The number of nitrogens with zero attached hydrogens (tertiary/aromatic N) is 2. The van der Waals surface area contributed by atoms with E-state index < -0.39 is 0 Å². The highest BCUT2D eigenvalue weighted by Gasteiger charge is 2.01. The zero-order valence-corrected chi connectivity index (χ0v) is 10.3. The first-order valence-corrected chi connectivity index (χ1v) is 6.40. The first-order valence-electron chi connectivity index (χ1n) is 4.64. The molecule has 0 aliphatic rings. The van der Waals surface area contributed by atoms with E-state index in [2.05, 4.69) is 9.97 Å². The second kappa shape index (κ2) is 4.83. The Bertz CT molecular complexity index is 396. The minimum Gasteiger partial charge on any atom is -0.369 e. The molecule has 0 aliphatic carbocycles. The summed E-state index contributed by atoms with van der Waals surface area (Å²) in [7, 11) is 0. The van der Waals surface area contributed by atoms with E-state index in [9.17, 15) is 0 Å². The smallest absolute Gasteiger partial charge is 0.0901 e. The van der Waals surface area contributed by atoms with Gasteiger partial charge >= 0.3 is 0 Å². The van der Waals surface area contributed by atoms with Crippen LogP contribution in [0.25, 0.3) is 0 Å². The summed E-state index contributed by atoms with van der Waals surface area (Å²) >= 11 is 3.30. The summed E-state index contributed by atoms with van der Waals surface area (Å²) in [6.07, 6.45) is 0.